The average molecular weight is 372 g/mol. The van der Waals surface area contributed by atoms with Crippen LogP contribution in [0, 0.1) is 22.2 Å². The van der Waals surface area contributed by atoms with Gasteiger partial charge < -0.3 is 9.84 Å². The van der Waals surface area contributed by atoms with Gasteiger partial charge in [-0.1, -0.05) is 0 Å². The van der Waals surface area contributed by atoms with E-state index in [0.29, 0.717) is 25.2 Å². The van der Waals surface area contributed by atoms with Gasteiger partial charge in [0.1, 0.15) is 0 Å². The highest BCUT2D eigenvalue weighted by molar-refractivity contribution is 5.81. The molecule has 0 aromatic rings. The Morgan fingerprint density at radius 3 is 1.80 bits per heavy atom. The zero-order valence-electron chi connectivity index (χ0n) is 13.3. The summed E-state index contributed by atoms with van der Waals surface area (Å²) in [5.74, 6) is -2.26. The van der Waals surface area contributed by atoms with Crippen LogP contribution in [0.15, 0.2) is 0 Å². The molecule has 7 aliphatic rings. The van der Waals surface area contributed by atoms with E-state index in [4.69, 9.17) is 5.11 Å². The second kappa shape index (κ2) is 4.46. The lowest BCUT2D eigenvalue weighted by molar-refractivity contribution is -0.358. The average Bonchev–Trinajstić information content (AvgIpc) is 2.38. The Kier molecular flexibility index (Phi) is 3.11. The number of ether oxygens (including phenoxy) is 1. The molecule has 25 heavy (non-hydrogen) atoms. The second-order valence-corrected chi connectivity index (χ2v) is 8.97. The van der Waals surface area contributed by atoms with Crippen LogP contribution in [-0.4, -0.2) is 35.6 Å². The van der Waals surface area contributed by atoms with Crippen molar-refractivity contribution >= 4 is 5.97 Å². The molecule has 0 radical (unpaired) electrons. The minimum Gasteiger partial charge on any atom is -0.462 e. The number of carbonyl (C=O) groups is 1. The quantitative estimate of drug-likeness (QED) is 0.606. The molecule has 0 aromatic heterocycles. The highest BCUT2D eigenvalue weighted by Gasteiger charge is 2.77. The third kappa shape index (κ3) is 2.20. The molecule has 142 valence electrons. The molecule has 0 aliphatic heterocycles. The van der Waals surface area contributed by atoms with Crippen molar-refractivity contribution in [2.24, 2.45) is 22.2 Å². The van der Waals surface area contributed by atoms with Gasteiger partial charge in [-0.15, -0.1) is 0 Å². The summed E-state index contributed by atoms with van der Waals surface area (Å²) in [6.45, 7) is -0.486. The number of rotatable bonds is 3. The van der Waals surface area contributed by atoms with Crippen molar-refractivity contribution in [3.05, 3.63) is 0 Å². The van der Waals surface area contributed by atoms with Gasteiger partial charge in [0.05, 0.1) is 6.61 Å². The molecule has 7 fully saturated rings. The van der Waals surface area contributed by atoms with E-state index in [-0.39, 0.29) is 10.8 Å². The van der Waals surface area contributed by atoms with E-state index in [1.54, 1.807) is 0 Å². The second-order valence-electron chi connectivity index (χ2n) is 8.97. The van der Waals surface area contributed by atoms with Crippen molar-refractivity contribution in [1.82, 2.24) is 0 Å². The lowest BCUT2D eigenvalue weighted by Gasteiger charge is -2.76. The fourth-order valence-corrected chi connectivity index (χ4v) is 6.95. The molecule has 7 aliphatic carbocycles. The van der Waals surface area contributed by atoms with Gasteiger partial charge in [-0.2, -0.15) is 26.3 Å². The first-order valence-corrected chi connectivity index (χ1v) is 8.27. The van der Waals surface area contributed by atoms with Crippen LogP contribution < -0.4 is 0 Å². The molecule has 0 aromatic carbocycles. The Labute approximate surface area is 139 Å². The largest absolute Gasteiger partial charge is 0.462 e. The molecule has 0 unspecified atom stereocenters. The number of carbonyl (C=O) groups excluding carboxylic acids is 1. The molecule has 0 atom stereocenters. The van der Waals surface area contributed by atoms with Crippen molar-refractivity contribution in [3.8, 4) is 0 Å². The first-order valence-electron chi connectivity index (χ1n) is 8.27. The van der Waals surface area contributed by atoms with Gasteiger partial charge in [0.15, 0.2) is 0 Å². The monoisotopic (exact) mass is 372 g/mol. The molecule has 4 bridgehead atoms. The van der Waals surface area contributed by atoms with Crippen molar-refractivity contribution in [2.45, 2.75) is 62.9 Å². The minimum atomic E-state index is -6.19. The molecule has 0 heterocycles. The van der Waals surface area contributed by atoms with Gasteiger partial charge in [0.25, 0.3) is 0 Å². The normalized spacial score (nSPS) is 42.3. The molecule has 7 rings (SSSR count). The van der Waals surface area contributed by atoms with E-state index in [1.165, 1.54) is 0 Å². The predicted molar refractivity (Wildman–Crippen MR) is 71.1 cm³/mol. The smallest absolute Gasteiger partial charge is 0.437 e. The standard InChI is InChI=1S/C16H18F6O3/c17-15(18,19)14(24,16(20,21)22)10(23)25-8-13-3-9-1-11(6-13)4-12(2-9,5-11)7-13/h9,24H,1-8H2. The van der Waals surface area contributed by atoms with Gasteiger partial charge in [-0.25, -0.2) is 4.79 Å². The Bertz CT molecular complexity index is 571. The van der Waals surface area contributed by atoms with Crippen LogP contribution in [-0.2, 0) is 9.53 Å². The van der Waals surface area contributed by atoms with Gasteiger partial charge in [-0.3, -0.25) is 0 Å². The van der Waals surface area contributed by atoms with E-state index < -0.39 is 35.9 Å². The summed E-state index contributed by atoms with van der Waals surface area (Å²) < 4.78 is 80.9. The molecular weight excluding hydrogens is 354 g/mol. The Morgan fingerprint density at radius 2 is 1.40 bits per heavy atom. The molecular formula is C16H18F6O3. The van der Waals surface area contributed by atoms with Crippen molar-refractivity contribution in [3.63, 3.8) is 0 Å². The highest BCUT2D eigenvalue weighted by Crippen LogP contribution is 2.80. The van der Waals surface area contributed by atoms with Crippen molar-refractivity contribution in [1.29, 1.82) is 0 Å². The van der Waals surface area contributed by atoms with Crippen LogP contribution in [0.4, 0.5) is 26.3 Å². The maximum Gasteiger partial charge on any atom is 0.437 e. The summed E-state index contributed by atoms with van der Waals surface area (Å²) in [5.41, 5.74) is -5.75. The molecule has 0 saturated heterocycles. The lowest BCUT2D eigenvalue weighted by atomic mass is 9.29. The third-order valence-corrected chi connectivity index (χ3v) is 6.79. The topological polar surface area (TPSA) is 46.5 Å². The third-order valence-electron chi connectivity index (χ3n) is 6.79. The van der Waals surface area contributed by atoms with Crippen LogP contribution in [0.1, 0.15) is 44.9 Å². The number of halogens is 6. The molecule has 3 nitrogen and oxygen atoms in total. The van der Waals surface area contributed by atoms with Crippen LogP contribution in [0.25, 0.3) is 0 Å². The van der Waals surface area contributed by atoms with E-state index in [9.17, 15) is 31.1 Å². The fraction of sp³-hybridized carbons (Fsp3) is 0.938. The number of hydrogen-bond acceptors (Lipinski definition) is 3. The number of aliphatic hydroxyl groups is 1. The van der Waals surface area contributed by atoms with E-state index >= 15 is 0 Å². The van der Waals surface area contributed by atoms with E-state index in [0.717, 1.165) is 25.7 Å². The molecule has 1 N–H and O–H groups in total. The van der Waals surface area contributed by atoms with Gasteiger partial charge in [-0.05, 0) is 61.7 Å². The summed E-state index contributed by atoms with van der Waals surface area (Å²) >= 11 is 0. The number of alkyl halides is 6. The molecule has 7 saturated carbocycles. The van der Waals surface area contributed by atoms with Crippen LogP contribution in [0.2, 0.25) is 0 Å². The maximum atomic E-state index is 12.7. The molecule has 0 amide bonds. The zero-order chi connectivity index (χ0) is 18.5. The Balaban J connectivity index is 1.51. The Hall–Kier alpha value is -0.990. The van der Waals surface area contributed by atoms with E-state index in [2.05, 4.69) is 4.74 Å². The number of esters is 1. The van der Waals surface area contributed by atoms with Gasteiger partial charge >= 0.3 is 23.9 Å². The van der Waals surface area contributed by atoms with E-state index in [1.807, 2.05) is 0 Å². The summed E-state index contributed by atoms with van der Waals surface area (Å²) in [5, 5.41) is 9.10. The SMILES string of the molecule is O=C(OCC12CC3CC4(C1)CC(C3)(C2)C4)C(O)(C(F)(F)F)C(F)(F)F. The van der Waals surface area contributed by atoms with Crippen molar-refractivity contribution < 1.29 is 41.0 Å². The highest BCUT2D eigenvalue weighted by atomic mass is 19.4. The zero-order valence-corrected chi connectivity index (χ0v) is 13.3. The number of hydrogen-bond donors (Lipinski definition) is 1. The van der Waals surface area contributed by atoms with Gasteiger partial charge in [0, 0.05) is 5.41 Å². The first kappa shape index (κ1) is 17.4. The van der Waals surface area contributed by atoms with Crippen LogP contribution >= 0.6 is 0 Å². The summed E-state index contributed by atoms with van der Waals surface area (Å²) in [6, 6.07) is 0. The van der Waals surface area contributed by atoms with Gasteiger partial charge in [0.2, 0.25) is 0 Å². The lowest BCUT2D eigenvalue weighted by Crippen LogP contribution is -2.67. The minimum absolute atomic E-state index is 0.135. The summed E-state index contributed by atoms with van der Waals surface area (Å²) in [7, 11) is 0. The van der Waals surface area contributed by atoms with Crippen LogP contribution in [0.5, 0.6) is 0 Å². The predicted octanol–water partition coefficient (Wildman–Crippen LogP) is 3.75. The molecule has 2 spiro atoms. The summed E-state index contributed by atoms with van der Waals surface area (Å²) in [6.07, 6.45) is -6.10. The van der Waals surface area contributed by atoms with Crippen molar-refractivity contribution in [2.75, 3.05) is 6.61 Å². The Morgan fingerprint density at radius 1 is 0.920 bits per heavy atom. The molecule has 9 heteroatoms. The maximum absolute atomic E-state index is 12.7. The first-order chi connectivity index (χ1) is 11.2. The summed E-state index contributed by atoms with van der Waals surface area (Å²) in [4.78, 5) is 11.6. The fourth-order valence-electron chi connectivity index (χ4n) is 6.95. The van der Waals surface area contributed by atoms with Crippen LogP contribution in [0.3, 0.4) is 0 Å².